The normalized spacial score (nSPS) is 10.6. The van der Waals surface area contributed by atoms with Crippen LogP contribution in [0.5, 0.6) is 0 Å². The molecule has 0 aliphatic rings. The zero-order valence-corrected chi connectivity index (χ0v) is 11.8. The van der Waals surface area contributed by atoms with Crippen LogP contribution in [0.1, 0.15) is 22.3 Å². The molecular formula is C16H19S+. The van der Waals surface area contributed by atoms with Gasteiger partial charge in [-0.15, -0.1) is 0 Å². The predicted octanol–water partition coefficient (Wildman–Crippen LogP) is 4.15. The van der Waals surface area contributed by atoms with Crippen molar-refractivity contribution < 1.29 is 0 Å². The fraction of sp³-hybridized carbons (Fsp3) is 0.250. The molecule has 0 bridgehead atoms. The molecule has 0 nitrogen and oxygen atoms in total. The summed E-state index contributed by atoms with van der Waals surface area (Å²) in [6, 6.07) is 13.1. The highest BCUT2D eigenvalue weighted by atomic mass is 32.2. The van der Waals surface area contributed by atoms with Gasteiger partial charge in [-0.05, 0) is 27.7 Å². The Kier molecular flexibility index (Phi) is 3.58. The van der Waals surface area contributed by atoms with Crippen LogP contribution in [0.15, 0.2) is 46.2 Å². The maximum atomic E-state index is 2.20. The van der Waals surface area contributed by atoms with Crippen LogP contribution in [-0.2, 0) is 11.8 Å². The molecule has 0 radical (unpaired) electrons. The van der Waals surface area contributed by atoms with E-state index in [9.17, 15) is 0 Å². The van der Waals surface area contributed by atoms with Gasteiger partial charge in [0.1, 0.15) is 0 Å². The average molecular weight is 243 g/mol. The summed E-state index contributed by atoms with van der Waals surface area (Å²) in [4.78, 5) is 2.90. The van der Waals surface area contributed by atoms with E-state index in [0.717, 1.165) is 0 Å². The Hall–Kier alpha value is -1.21. The molecule has 0 fully saturated rings. The molecule has 0 atom stereocenters. The Morgan fingerprint density at radius 1 is 0.588 bits per heavy atom. The van der Waals surface area contributed by atoms with Gasteiger partial charge in [-0.3, -0.25) is 0 Å². The minimum absolute atomic E-state index is 1.33. The third-order valence-corrected chi connectivity index (χ3v) is 4.96. The lowest BCUT2D eigenvalue weighted by Gasteiger charge is -2.05. The zero-order chi connectivity index (χ0) is 12.4. The standard InChI is InChI=1S/C16H18S/c1-11-7-5-8-12(2)15(11)17-16-13(3)9-6-10-14(16)4/h5-10H,1-4H3/p+1. The van der Waals surface area contributed by atoms with Crippen molar-refractivity contribution in [2.45, 2.75) is 37.5 Å². The molecule has 0 heterocycles. The van der Waals surface area contributed by atoms with Gasteiger partial charge in [0.25, 0.3) is 0 Å². The summed E-state index contributed by atoms with van der Waals surface area (Å²) in [5, 5.41) is 0. The van der Waals surface area contributed by atoms with E-state index in [1.54, 1.807) is 0 Å². The number of hydrogen-bond acceptors (Lipinski definition) is 0. The van der Waals surface area contributed by atoms with Crippen LogP contribution in [0.3, 0.4) is 0 Å². The number of aryl methyl sites for hydroxylation is 4. The van der Waals surface area contributed by atoms with Gasteiger partial charge in [0.15, 0.2) is 9.79 Å². The molecule has 2 aromatic rings. The highest BCUT2D eigenvalue weighted by Gasteiger charge is 2.16. The second-order valence-corrected chi connectivity index (χ2v) is 5.71. The lowest BCUT2D eigenvalue weighted by molar-refractivity contribution is 1.18. The van der Waals surface area contributed by atoms with Crippen LogP contribution in [0.2, 0.25) is 0 Å². The van der Waals surface area contributed by atoms with Gasteiger partial charge in [-0.1, -0.05) is 36.4 Å². The summed E-state index contributed by atoms with van der Waals surface area (Å²) in [5.41, 5.74) is 5.53. The molecule has 0 saturated heterocycles. The molecule has 17 heavy (non-hydrogen) atoms. The van der Waals surface area contributed by atoms with Gasteiger partial charge in [0, 0.05) is 34.0 Å². The van der Waals surface area contributed by atoms with Crippen molar-refractivity contribution in [1.82, 2.24) is 0 Å². The van der Waals surface area contributed by atoms with E-state index in [1.807, 2.05) is 0 Å². The summed E-state index contributed by atoms with van der Waals surface area (Å²) in [6.45, 7) is 8.79. The van der Waals surface area contributed by atoms with Crippen molar-refractivity contribution in [3.63, 3.8) is 0 Å². The maximum Gasteiger partial charge on any atom is 0.164 e. The number of hydrogen-bond donors (Lipinski definition) is 0. The zero-order valence-electron chi connectivity index (χ0n) is 10.9. The number of thiol groups is 1. The highest BCUT2D eigenvalue weighted by Crippen LogP contribution is 2.24. The lowest BCUT2D eigenvalue weighted by Crippen LogP contribution is -1.97. The minimum Gasteiger partial charge on any atom is -0.0614 e. The van der Waals surface area contributed by atoms with E-state index in [0.29, 0.717) is 0 Å². The molecule has 0 aliphatic heterocycles. The first-order chi connectivity index (χ1) is 8.09. The molecular weight excluding hydrogens is 224 g/mol. The van der Waals surface area contributed by atoms with Gasteiger partial charge >= 0.3 is 0 Å². The van der Waals surface area contributed by atoms with Crippen LogP contribution in [0, 0.1) is 27.7 Å². The SMILES string of the molecule is Cc1cccc(C)c1[SH+]c1c(C)cccc1C. The van der Waals surface area contributed by atoms with E-state index >= 15 is 0 Å². The van der Waals surface area contributed by atoms with Crippen LogP contribution in [0.25, 0.3) is 0 Å². The molecule has 0 unspecified atom stereocenters. The van der Waals surface area contributed by atoms with Crippen molar-refractivity contribution in [3.05, 3.63) is 58.7 Å². The molecule has 0 spiro atoms. The maximum absolute atomic E-state index is 2.20. The predicted molar refractivity (Wildman–Crippen MR) is 77.1 cm³/mol. The monoisotopic (exact) mass is 243 g/mol. The van der Waals surface area contributed by atoms with Gasteiger partial charge in [0.2, 0.25) is 0 Å². The van der Waals surface area contributed by atoms with E-state index < -0.39 is 0 Å². The fourth-order valence-electron chi connectivity index (χ4n) is 2.08. The third kappa shape index (κ3) is 2.55. The van der Waals surface area contributed by atoms with Crippen LogP contribution in [-0.4, -0.2) is 0 Å². The van der Waals surface area contributed by atoms with Crippen molar-refractivity contribution in [2.75, 3.05) is 0 Å². The Morgan fingerprint density at radius 2 is 0.882 bits per heavy atom. The first-order valence-electron chi connectivity index (χ1n) is 5.94. The summed E-state index contributed by atoms with van der Waals surface area (Å²) < 4.78 is 0. The van der Waals surface area contributed by atoms with Gasteiger partial charge in [0.05, 0.1) is 0 Å². The van der Waals surface area contributed by atoms with E-state index in [1.165, 1.54) is 43.8 Å². The Balaban J connectivity index is 2.45. The summed E-state index contributed by atoms with van der Waals surface area (Å²) >= 11 is 1.33. The van der Waals surface area contributed by atoms with E-state index in [2.05, 4.69) is 64.1 Å². The second kappa shape index (κ2) is 4.97. The quantitative estimate of drug-likeness (QED) is 0.549. The van der Waals surface area contributed by atoms with Gasteiger partial charge in [-0.25, -0.2) is 0 Å². The Bertz CT molecular complexity index is 451. The molecule has 0 aliphatic carbocycles. The van der Waals surface area contributed by atoms with Crippen molar-refractivity contribution in [2.24, 2.45) is 0 Å². The van der Waals surface area contributed by atoms with E-state index in [-0.39, 0.29) is 0 Å². The molecule has 0 N–H and O–H groups in total. The first kappa shape index (κ1) is 12.3. The van der Waals surface area contributed by atoms with Crippen LogP contribution >= 0.6 is 0 Å². The molecule has 1 heteroatoms. The molecule has 0 aromatic heterocycles. The van der Waals surface area contributed by atoms with Crippen molar-refractivity contribution in [1.29, 1.82) is 0 Å². The highest BCUT2D eigenvalue weighted by molar-refractivity contribution is 7.78. The van der Waals surface area contributed by atoms with Crippen molar-refractivity contribution >= 4 is 11.8 Å². The second-order valence-electron chi connectivity index (χ2n) is 4.59. The van der Waals surface area contributed by atoms with Crippen LogP contribution in [0.4, 0.5) is 0 Å². The Labute approximate surface area is 108 Å². The summed E-state index contributed by atoms with van der Waals surface area (Å²) in [7, 11) is 0. The summed E-state index contributed by atoms with van der Waals surface area (Å²) in [6.07, 6.45) is 0. The van der Waals surface area contributed by atoms with Gasteiger partial charge < -0.3 is 0 Å². The first-order valence-corrected chi connectivity index (χ1v) is 6.83. The topological polar surface area (TPSA) is 0 Å². The third-order valence-electron chi connectivity index (χ3n) is 3.10. The Morgan fingerprint density at radius 3 is 1.18 bits per heavy atom. The molecule has 0 amide bonds. The largest absolute Gasteiger partial charge is 0.164 e. The van der Waals surface area contributed by atoms with Crippen LogP contribution < -0.4 is 0 Å². The number of benzene rings is 2. The minimum atomic E-state index is 1.33. The smallest absolute Gasteiger partial charge is 0.0614 e. The lowest BCUT2D eigenvalue weighted by atomic mass is 10.1. The van der Waals surface area contributed by atoms with E-state index in [4.69, 9.17) is 0 Å². The number of rotatable bonds is 2. The average Bonchev–Trinajstić information content (AvgIpc) is 2.27. The molecule has 2 rings (SSSR count). The molecule has 88 valence electrons. The molecule has 2 aromatic carbocycles. The fourth-order valence-corrected chi connectivity index (χ4v) is 3.30. The summed E-state index contributed by atoms with van der Waals surface area (Å²) in [5.74, 6) is 0. The molecule has 0 saturated carbocycles. The van der Waals surface area contributed by atoms with Gasteiger partial charge in [-0.2, -0.15) is 0 Å². The van der Waals surface area contributed by atoms with Crippen molar-refractivity contribution in [3.8, 4) is 0 Å².